The number of likely N-dealkylation sites (tertiary alicyclic amines) is 1. The maximum absolute atomic E-state index is 9.87. The van der Waals surface area contributed by atoms with Crippen molar-refractivity contribution in [3.63, 3.8) is 0 Å². The fourth-order valence-electron chi connectivity index (χ4n) is 2.71. The monoisotopic (exact) mass is 265 g/mol. The van der Waals surface area contributed by atoms with E-state index in [1.54, 1.807) is 18.2 Å². The van der Waals surface area contributed by atoms with Gasteiger partial charge >= 0.3 is 0 Å². The molecule has 2 atom stereocenters. The molecule has 1 aliphatic rings. The number of hydrogen-bond acceptors (Lipinski definition) is 5. The van der Waals surface area contributed by atoms with Crippen molar-refractivity contribution >= 4 is 5.69 Å². The largest absolute Gasteiger partial charge is 0.508 e. The average molecular weight is 265 g/mol. The summed E-state index contributed by atoms with van der Waals surface area (Å²) in [5.74, 6) is 0.263. The van der Waals surface area contributed by atoms with Gasteiger partial charge in [0, 0.05) is 36.9 Å². The predicted octanol–water partition coefficient (Wildman–Crippen LogP) is 0.471. The number of nitrogens with two attached hydrogens (primary N) is 1. The molecule has 2 rings (SSSR count). The van der Waals surface area contributed by atoms with E-state index in [-0.39, 0.29) is 11.9 Å². The van der Waals surface area contributed by atoms with E-state index in [2.05, 4.69) is 9.80 Å². The summed E-state index contributed by atoms with van der Waals surface area (Å²) < 4.78 is 0. The van der Waals surface area contributed by atoms with Crippen LogP contribution in [0.2, 0.25) is 0 Å². The molecule has 0 saturated carbocycles. The Morgan fingerprint density at radius 1 is 1.42 bits per heavy atom. The Morgan fingerprint density at radius 3 is 2.84 bits per heavy atom. The number of rotatable bonds is 4. The number of nitrogens with zero attached hydrogens (tertiary/aromatic N) is 2. The van der Waals surface area contributed by atoms with Crippen molar-refractivity contribution in [2.24, 2.45) is 0 Å². The maximum Gasteiger partial charge on any atom is 0.120 e. The summed E-state index contributed by atoms with van der Waals surface area (Å²) in [7, 11) is 4.06. The number of aromatic hydroxyl groups is 1. The van der Waals surface area contributed by atoms with E-state index < -0.39 is 0 Å². The topological polar surface area (TPSA) is 73.0 Å². The van der Waals surface area contributed by atoms with Gasteiger partial charge in [-0.2, -0.15) is 0 Å². The van der Waals surface area contributed by atoms with Gasteiger partial charge in [-0.25, -0.2) is 0 Å². The molecule has 1 aromatic carbocycles. The summed E-state index contributed by atoms with van der Waals surface area (Å²) >= 11 is 0. The Labute approximate surface area is 114 Å². The highest BCUT2D eigenvalue weighted by molar-refractivity contribution is 5.47. The van der Waals surface area contributed by atoms with Crippen LogP contribution in [-0.4, -0.2) is 59.3 Å². The predicted molar refractivity (Wildman–Crippen MR) is 75.9 cm³/mol. The molecule has 4 N–H and O–H groups in total. The number of phenolic OH excluding ortho intramolecular Hbond substituents is 1. The van der Waals surface area contributed by atoms with Crippen LogP contribution < -0.4 is 5.73 Å². The SMILES string of the molecule is CN(C)CC1CC(O)CN1Cc1cc(N)ccc1O. The van der Waals surface area contributed by atoms with Crippen molar-refractivity contribution < 1.29 is 10.2 Å². The molecule has 0 amide bonds. The molecule has 1 saturated heterocycles. The van der Waals surface area contributed by atoms with Crippen LogP contribution in [0.3, 0.4) is 0 Å². The van der Waals surface area contributed by atoms with Crippen LogP contribution >= 0.6 is 0 Å². The summed E-state index contributed by atoms with van der Waals surface area (Å²) in [5, 5.41) is 19.7. The first-order chi connectivity index (χ1) is 8.95. The van der Waals surface area contributed by atoms with Gasteiger partial charge in [0.25, 0.3) is 0 Å². The van der Waals surface area contributed by atoms with E-state index in [0.717, 1.165) is 18.5 Å². The smallest absolute Gasteiger partial charge is 0.120 e. The molecule has 0 radical (unpaired) electrons. The van der Waals surface area contributed by atoms with E-state index in [0.29, 0.717) is 24.8 Å². The highest BCUT2D eigenvalue weighted by Gasteiger charge is 2.31. The lowest BCUT2D eigenvalue weighted by atomic mass is 10.1. The molecule has 1 heterocycles. The number of phenols is 1. The fraction of sp³-hybridized carbons (Fsp3) is 0.571. The third-order valence-electron chi connectivity index (χ3n) is 3.56. The molecule has 5 nitrogen and oxygen atoms in total. The first-order valence-corrected chi connectivity index (χ1v) is 6.60. The number of nitrogen functional groups attached to an aromatic ring is 1. The van der Waals surface area contributed by atoms with Crippen LogP contribution in [0.15, 0.2) is 18.2 Å². The minimum Gasteiger partial charge on any atom is -0.508 e. The summed E-state index contributed by atoms with van der Waals surface area (Å²) in [6.07, 6.45) is 0.495. The van der Waals surface area contributed by atoms with Crippen LogP contribution in [0.1, 0.15) is 12.0 Å². The number of aliphatic hydroxyl groups is 1. The van der Waals surface area contributed by atoms with Crippen LogP contribution in [0.5, 0.6) is 5.75 Å². The minimum atomic E-state index is -0.284. The van der Waals surface area contributed by atoms with Gasteiger partial charge in [0.1, 0.15) is 5.75 Å². The Kier molecular flexibility index (Phi) is 4.29. The van der Waals surface area contributed by atoms with Gasteiger partial charge in [0.05, 0.1) is 6.10 Å². The molecule has 0 bridgehead atoms. The second-order valence-electron chi connectivity index (χ2n) is 5.62. The number of benzene rings is 1. The van der Waals surface area contributed by atoms with Gasteiger partial charge in [-0.1, -0.05) is 0 Å². The van der Waals surface area contributed by atoms with Gasteiger partial charge in [0.15, 0.2) is 0 Å². The summed E-state index contributed by atoms with van der Waals surface area (Å²) in [6, 6.07) is 5.42. The highest BCUT2D eigenvalue weighted by Crippen LogP contribution is 2.26. The third kappa shape index (κ3) is 3.59. The van der Waals surface area contributed by atoms with Gasteiger partial charge in [-0.15, -0.1) is 0 Å². The van der Waals surface area contributed by atoms with Gasteiger partial charge in [-0.3, -0.25) is 4.90 Å². The molecular formula is C14H23N3O2. The zero-order chi connectivity index (χ0) is 14.0. The van der Waals surface area contributed by atoms with Crippen molar-refractivity contribution in [2.45, 2.75) is 25.1 Å². The van der Waals surface area contributed by atoms with Crippen LogP contribution in [0.25, 0.3) is 0 Å². The Morgan fingerprint density at radius 2 is 2.16 bits per heavy atom. The number of β-amino-alcohol motifs (C(OH)–C–C–N with tert-alkyl or cyclic N) is 1. The zero-order valence-corrected chi connectivity index (χ0v) is 11.6. The fourth-order valence-corrected chi connectivity index (χ4v) is 2.71. The highest BCUT2D eigenvalue weighted by atomic mass is 16.3. The Balaban J connectivity index is 2.09. The molecule has 1 aliphatic heterocycles. The molecule has 1 aromatic rings. The van der Waals surface area contributed by atoms with E-state index in [9.17, 15) is 10.2 Å². The lowest BCUT2D eigenvalue weighted by Crippen LogP contribution is -2.37. The van der Waals surface area contributed by atoms with Crippen LogP contribution in [0, 0.1) is 0 Å². The first kappa shape index (κ1) is 14.1. The number of likely N-dealkylation sites (N-methyl/N-ethyl adjacent to an activating group) is 1. The van der Waals surface area contributed by atoms with Crippen molar-refractivity contribution in [3.8, 4) is 5.75 Å². The van der Waals surface area contributed by atoms with E-state index in [4.69, 9.17) is 5.73 Å². The lowest BCUT2D eigenvalue weighted by Gasteiger charge is -2.27. The number of hydrogen-bond donors (Lipinski definition) is 3. The number of anilines is 1. The Bertz CT molecular complexity index is 437. The second kappa shape index (κ2) is 5.77. The van der Waals surface area contributed by atoms with Crippen LogP contribution in [0.4, 0.5) is 5.69 Å². The summed E-state index contributed by atoms with van der Waals surface area (Å²) in [5.41, 5.74) is 7.22. The standard InChI is InChI=1S/C14H23N3O2/c1-16(2)8-12-6-13(18)9-17(12)7-10-5-11(15)3-4-14(10)19/h3-5,12-13,18-19H,6-9,15H2,1-2H3. The first-order valence-electron chi connectivity index (χ1n) is 6.60. The quantitative estimate of drug-likeness (QED) is 0.545. The molecular weight excluding hydrogens is 242 g/mol. The van der Waals surface area contributed by atoms with E-state index in [1.807, 2.05) is 14.1 Å². The molecule has 0 spiro atoms. The Hall–Kier alpha value is -1.30. The van der Waals surface area contributed by atoms with Crippen LogP contribution in [-0.2, 0) is 6.54 Å². The van der Waals surface area contributed by atoms with Gasteiger partial charge < -0.3 is 20.8 Å². The molecule has 5 heteroatoms. The van der Waals surface area contributed by atoms with Crippen molar-refractivity contribution in [3.05, 3.63) is 23.8 Å². The normalized spacial score (nSPS) is 24.2. The van der Waals surface area contributed by atoms with E-state index in [1.165, 1.54) is 0 Å². The zero-order valence-electron chi connectivity index (χ0n) is 11.6. The lowest BCUT2D eigenvalue weighted by molar-refractivity contribution is 0.168. The molecule has 19 heavy (non-hydrogen) atoms. The maximum atomic E-state index is 9.87. The summed E-state index contributed by atoms with van der Waals surface area (Å²) in [6.45, 7) is 2.17. The molecule has 0 aromatic heterocycles. The van der Waals surface area contributed by atoms with E-state index >= 15 is 0 Å². The van der Waals surface area contributed by atoms with Gasteiger partial charge in [-0.05, 0) is 38.7 Å². The minimum absolute atomic E-state index is 0.263. The molecule has 106 valence electrons. The molecule has 2 unspecified atom stereocenters. The molecule has 1 fully saturated rings. The number of aliphatic hydroxyl groups excluding tert-OH is 1. The van der Waals surface area contributed by atoms with Crippen molar-refractivity contribution in [2.75, 3.05) is 32.9 Å². The average Bonchev–Trinajstić information content (AvgIpc) is 2.63. The van der Waals surface area contributed by atoms with Crippen molar-refractivity contribution in [1.29, 1.82) is 0 Å². The molecule has 0 aliphatic carbocycles. The third-order valence-corrected chi connectivity index (χ3v) is 3.56. The van der Waals surface area contributed by atoms with Gasteiger partial charge in [0.2, 0.25) is 0 Å². The van der Waals surface area contributed by atoms with Crippen molar-refractivity contribution in [1.82, 2.24) is 9.80 Å². The summed E-state index contributed by atoms with van der Waals surface area (Å²) in [4.78, 5) is 4.33. The second-order valence-corrected chi connectivity index (χ2v) is 5.62.